The van der Waals surface area contributed by atoms with Crippen molar-refractivity contribution in [3.8, 4) is 27.9 Å². The van der Waals surface area contributed by atoms with Gasteiger partial charge in [0, 0.05) is 16.5 Å². The van der Waals surface area contributed by atoms with E-state index in [9.17, 15) is 0 Å². The number of benzene rings is 5. The van der Waals surface area contributed by atoms with Crippen molar-refractivity contribution in [2.24, 2.45) is 0 Å². The fourth-order valence-electron chi connectivity index (χ4n) is 5.89. The number of para-hydroxylation sites is 2. The van der Waals surface area contributed by atoms with E-state index in [1.807, 2.05) is 0 Å². The quantitative estimate of drug-likeness (QED) is 0.244. The lowest BCUT2D eigenvalue weighted by Gasteiger charge is -2.19. The average molecular weight is 452 g/mol. The molecule has 5 aromatic carbocycles. The van der Waals surface area contributed by atoms with Gasteiger partial charge in [0.25, 0.3) is 0 Å². The van der Waals surface area contributed by atoms with Crippen molar-refractivity contribution < 1.29 is 0 Å². The molecule has 0 bridgehead atoms. The van der Waals surface area contributed by atoms with Gasteiger partial charge in [0.15, 0.2) is 0 Å². The van der Waals surface area contributed by atoms with E-state index in [2.05, 4.69) is 133 Å². The molecule has 2 heteroatoms. The lowest BCUT2D eigenvalue weighted by atomic mass is 9.99. The zero-order chi connectivity index (χ0) is 22.9. The Morgan fingerprint density at radius 3 is 2.03 bits per heavy atom. The highest BCUT2D eigenvalue weighted by molar-refractivity contribution is 7.03. The van der Waals surface area contributed by atoms with Crippen LogP contribution < -0.4 is 10.4 Å². The lowest BCUT2D eigenvalue weighted by molar-refractivity contribution is 1.18. The van der Waals surface area contributed by atoms with E-state index in [4.69, 9.17) is 0 Å². The van der Waals surface area contributed by atoms with E-state index >= 15 is 0 Å². The summed E-state index contributed by atoms with van der Waals surface area (Å²) in [6.45, 7) is 4.97. The molecular formula is C32H25NSi. The first-order valence-corrected chi connectivity index (χ1v) is 15.0. The van der Waals surface area contributed by atoms with Gasteiger partial charge in [-0.3, -0.25) is 0 Å². The molecule has 0 saturated carbocycles. The molecule has 0 amide bonds. The molecule has 7 rings (SSSR count). The Labute approximate surface area is 200 Å². The smallest absolute Gasteiger partial charge is 0.113 e. The van der Waals surface area contributed by atoms with Crippen LogP contribution in [0.3, 0.4) is 0 Å². The van der Waals surface area contributed by atoms with Crippen LogP contribution in [0, 0.1) is 0 Å². The fraction of sp³-hybridized carbons (Fsp3) is 0.0625. The van der Waals surface area contributed by atoms with Crippen LogP contribution in [0.25, 0.3) is 49.7 Å². The molecule has 1 aliphatic heterocycles. The number of rotatable bonds is 2. The standard InChI is InChI=1S/C32H25NSi/c1-34(2)31-15-9-7-13-26(31)27-18-16-23(21-32(27)34)22-17-19-30-28(20-22)25-12-6-8-14-29(25)33(30)24-10-4-3-5-11-24/h3-21H,1-2H3. The van der Waals surface area contributed by atoms with Crippen molar-refractivity contribution in [3.63, 3.8) is 0 Å². The molecule has 0 radical (unpaired) electrons. The number of nitrogens with zero attached hydrogens (tertiary/aromatic N) is 1. The Kier molecular flexibility index (Phi) is 4.06. The van der Waals surface area contributed by atoms with Crippen LogP contribution in [0.5, 0.6) is 0 Å². The number of aromatic nitrogens is 1. The Bertz CT molecular complexity index is 1720. The molecule has 1 nitrogen and oxygen atoms in total. The van der Waals surface area contributed by atoms with Crippen molar-refractivity contribution in [3.05, 3.63) is 115 Å². The minimum absolute atomic E-state index is 1.20. The molecule has 0 unspecified atom stereocenters. The molecule has 162 valence electrons. The Morgan fingerprint density at radius 2 is 1.15 bits per heavy atom. The van der Waals surface area contributed by atoms with E-state index in [-0.39, 0.29) is 0 Å². The third kappa shape index (κ3) is 2.66. The van der Waals surface area contributed by atoms with Crippen molar-refractivity contribution >= 4 is 40.3 Å². The van der Waals surface area contributed by atoms with E-state index in [0.717, 1.165) is 0 Å². The van der Waals surface area contributed by atoms with Crippen LogP contribution in [0.2, 0.25) is 13.1 Å². The van der Waals surface area contributed by atoms with E-state index in [1.165, 1.54) is 49.7 Å². The Morgan fingerprint density at radius 1 is 0.500 bits per heavy atom. The lowest BCUT2D eigenvalue weighted by Crippen LogP contribution is -2.49. The maximum Gasteiger partial charge on any atom is 0.113 e. The highest BCUT2D eigenvalue weighted by atomic mass is 28.3. The van der Waals surface area contributed by atoms with Crippen molar-refractivity contribution in [2.45, 2.75) is 13.1 Å². The summed E-state index contributed by atoms with van der Waals surface area (Å²) in [6.07, 6.45) is 0. The highest BCUT2D eigenvalue weighted by Gasteiger charge is 2.37. The molecule has 0 atom stereocenters. The molecule has 34 heavy (non-hydrogen) atoms. The molecule has 6 aromatic rings. The zero-order valence-corrected chi connectivity index (χ0v) is 20.4. The third-order valence-corrected chi connectivity index (χ3v) is 11.1. The average Bonchev–Trinajstić information content (AvgIpc) is 3.33. The summed E-state index contributed by atoms with van der Waals surface area (Å²) in [4.78, 5) is 0. The predicted octanol–water partition coefficient (Wildman–Crippen LogP) is 7.25. The van der Waals surface area contributed by atoms with Gasteiger partial charge < -0.3 is 4.57 Å². The van der Waals surface area contributed by atoms with Gasteiger partial charge in [-0.2, -0.15) is 0 Å². The van der Waals surface area contributed by atoms with E-state index < -0.39 is 8.07 Å². The maximum absolute atomic E-state index is 2.48. The number of fused-ring (bicyclic) bond motifs is 6. The topological polar surface area (TPSA) is 4.93 Å². The summed E-state index contributed by atoms with van der Waals surface area (Å²) in [5.41, 5.74) is 9.15. The molecule has 0 saturated heterocycles. The van der Waals surface area contributed by atoms with Gasteiger partial charge in [0.2, 0.25) is 0 Å². The first-order chi connectivity index (χ1) is 16.6. The van der Waals surface area contributed by atoms with Gasteiger partial charge in [-0.25, -0.2) is 0 Å². The van der Waals surface area contributed by atoms with E-state index in [0.29, 0.717) is 0 Å². The summed E-state index contributed by atoms with van der Waals surface area (Å²) in [6, 6.07) is 42.5. The second-order valence-electron chi connectivity index (χ2n) is 9.85. The van der Waals surface area contributed by atoms with Crippen LogP contribution in [0.4, 0.5) is 0 Å². The Hall–Kier alpha value is -3.88. The Balaban J connectivity index is 1.44. The van der Waals surface area contributed by atoms with E-state index in [1.54, 1.807) is 10.4 Å². The molecule has 1 aliphatic rings. The van der Waals surface area contributed by atoms with Crippen LogP contribution in [-0.2, 0) is 0 Å². The van der Waals surface area contributed by atoms with Crippen molar-refractivity contribution in [2.75, 3.05) is 0 Å². The first-order valence-electron chi connectivity index (χ1n) is 12.0. The van der Waals surface area contributed by atoms with Crippen LogP contribution in [-0.4, -0.2) is 12.6 Å². The monoisotopic (exact) mass is 451 g/mol. The van der Waals surface area contributed by atoms with Gasteiger partial charge in [-0.15, -0.1) is 0 Å². The maximum atomic E-state index is 2.48. The molecule has 1 aromatic heterocycles. The summed E-state index contributed by atoms with van der Waals surface area (Å²) in [5, 5.41) is 5.71. The molecule has 0 fully saturated rings. The normalized spacial score (nSPS) is 13.8. The van der Waals surface area contributed by atoms with Gasteiger partial charge in [-0.05, 0) is 63.0 Å². The van der Waals surface area contributed by atoms with Crippen molar-refractivity contribution in [1.29, 1.82) is 0 Å². The van der Waals surface area contributed by atoms with Crippen LogP contribution >= 0.6 is 0 Å². The van der Waals surface area contributed by atoms with Gasteiger partial charge >= 0.3 is 0 Å². The second-order valence-corrected chi connectivity index (χ2v) is 14.2. The first kappa shape index (κ1) is 19.6. The molecule has 2 heterocycles. The van der Waals surface area contributed by atoms with Gasteiger partial charge in [0.1, 0.15) is 8.07 Å². The van der Waals surface area contributed by atoms with Crippen LogP contribution in [0.1, 0.15) is 0 Å². The van der Waals surface area contributed by atoms with Crippen LogP contribution in [0.15, 0.2) is 115 Å². The summed E-state index contributed by atoms with van der Waals surface area (Å²) in [7, 11) is -1.69. The van der Waals surface area contributed by atoms with Gasteiger partial charge in [0.05, 0.1) is 11.0 Å². The number of hydrogen-bond acceptors (Lipinski definition) is 0. The minimum Gasteiger partial charge on any atom is -0.309 e. The van der Waals surface area contributed by atoms with Gasteiger partial charge in [-0.1, -0.05) is 98.0 Å². The minimum atomic E-state index is -1.69. The molecular weight excluding hydrogens is 426 g/mol. The zero-order valence-electron chi connectivity index (χ0n) is 19.4. The number of hydrogen-bond donors (Lipinski definition) is 0. The summed E-state index contributed by atoms with van der Waals surface area (Å²) in [5.74, 6) is 0. The summed E-state index contributed by atoms with van der Waals surface area (Å²) < 4.78 is 2.38. The second kappa shape index (κ2) is 7.06. The molecule has 0 spiro atoms. The predicted molar refractivity (Wildman–Crippen MR) is 148 cm³/mol. The molecule has 0 N–H and O–H groups in total. The third-order valence-electron chi connectivity index (χ3n) is 7.60. The van der Waals surface area contributed by atoms with Crippen molar-refractivity contribution in [1.82, 2.24) is 4.57 Å². The molecule has 0 aliphatic carbocycles. The highest BCUT2D eigenvalue weighted by Crippen LogP contribution is 2.36. The SMILES string of the molecule is C[Si]1(C)c2ccccc2-c2ccc(-c3ccc4c(c3)c3ccccc3n4-c3ccccc3)cc21. The fourth-order valence-corrected chi connectivity index (χ4v) is 8.99. The largest absolute Gasteiger partial charge is 0.309 e. The summed E-state index contributed by atoms with van der Waals surface area (Å²) >= 11 is 0.